The molecule has 0 radical (unpaired) electrons. The molecule has 0 aromatic heterocycles. The fraction of sp³-hybridized carbons (Fsp3) is 0.207. The van der Waals surface area contributed by atoms with Crippen molar-refractivity contribution in [3.63, 3.8) is 0 Å². The Morgan fingerprint density at radius 1 is 0.977 bits per heavy atom. The molecule has 3 aromatic carbocycles. The van der Waals surface area contributed by atoms with Crippen LogP contribution in [-0.2, 0) is 9.73 Å². The molecule has 1 saturated heterocycles. The van der Waals surface area contributed by atoms with Crippen molar-refractivity contribution < 1.29 is 28.6 Å². The van der Waals surface area contributed by atoms with Crippen LogP contribution in [-0.4, -0.2) is 40.0 Å². The van der Waals surface area contributed by atoms with Gasteiger partial charge in [0.1, 0.15) is 11.5 Å². The van der Waals surface area contributed by atoms with Crippen molar-refractivity contribution in [3.8, 4) is 0 Å². The van der Waals surface area contributed by atoms with Crippen LogP contribution < -0.4 is 21.6 Å². The first-order valence-electron chi connectivity index (χ1n) is 13.5. The van der Waals surface area contributed by atoms with E-state index in [0.29, 0.717) is 52.6 Å². The van der Waals surface area contributed by atoms with Gasteiger partial charge in [-0.3, -0.25) is 29.4 Å². The van der Waals surface area contributed by atoms with E-state index < -0.39 is 4.92 Å². The predicted molar refractivity (Wildman–Crippen MR) is 161 cm³/mol. The number of thioether (sulfide) groups is 1. The molecular formula is C29H27FN6O6S. The minimum absolute atomic E-state index is 0.125. The molecule has 3 aromatic rings. The Balaban J connectivity index is 1.01. The number of anilines is 4. The summed E-state index contributed by atoms with van der Waals surface area (Å²) < 4.78 is 13.1. The van der Waals surface area contributed by atoms with Crippen LogP contribution in [0.3, 0.4) is 0 Å². The maximum atomic E-state index is 13.1. The molecule has 5 rings (SSSR count). The molecule has 0 bridgehead atoms. The Hall–Kier alpha value is -4.95. The van der Waals surface area contributed by atoms with Gasteiger partial charge in [0.2, 0.25) is 0 Å². The number of carbonyl (C=O) groups excluding carboxylic acids is 3. The monoisotopic (exact) mass is 606 g/mol. The molecule has 14 heteroatoms. The highest BCUT2D eigenvalue weighted by Gasteiger charge is 2.34. The summed E-state index contributed by atoms with van der Waals surface area (Å²) in [4.78, 5) is 54.6. The van der Waals surface area contributed by atoms with Crippen molar-refractivity contribution in [3.05, 3.63) is 92.6 Å². The summed E-state index contributed by atoms with van der Waals surface area (Å²) in [6.07, 6.45) is 4.59. The topological polar surface area (TPSA) is 155 Å². The van der Waals surface area contributed by atoms with Crippen LogP contribution >= 0.6 is 11.8 Å². The van der Waals surface area contributed by atoms with E-state index in [4.69, 9.17) is 4.94 Å². The van der Waals surface area contributed by atoms with E-state index in [2.05, 4.69) is 21.6 Å². The van der Waals surface area contributed by atoms with Gasteiger partial charge in [-0.15, -0.1) is 0 Å². The van der Waals surface area contributed by atoms with Crippen molar-refractivity contribution >= 4 is 63.3 Å². The molecule has 222 valence electrons. The molecule has 12 nitrogen and oxygen atoms in total. The van der Waals surface area contributed by atoms with Gasteiger partial charge in [0.15, 0.2) is 5.69 Å². The lowest BCUT2D eigenvalue weighted by molar-refractivity contribution is -0.384. The second-order valence-corrected chi connectivity index (χ2v) is 10.7. The molecule has 3 amide bonds. The Morgan fingerprint density at radius 3 is 2.44 bits per heavy atom. The van der Waals surface area contributed by atoms with Crippen LogP contribution in [0, 0.1) is 15.9 Å². The van der Waals surface area contributed by atoms with Crippen molar-refractivity contribution in [2.45, 2.75) is 25.7 Å². The molecule has 0 spiro atoms. The number of nitro groups is 1. The third-order valence-electron chi connectivity index (χ3n) is 6.75. The highest BCUT2D eigenvalue weighted by Crippen LogP contribution is 2.42. The van der Waals surface area contributed by atoms with E-state index >= 15 is 0 Å². The Morgan fingerprint density at radius 2 is 1.70 bits per heavy atom. The van der Waals surface area contributed by atoms with Gasteiger partial charge in [0.25, 0.3) is 22.7 Å². The average Bonchev–Trinajstić information content (AvgIpc) is 3.59. The molecule has 2 heterocycles. The van der Waals surface area contributed by atoms with E-state index in [1.54, 1.807) is 48.5 Å². The van der Waals surface area contributed by atoms with Crippen molar-refractivity contribution in [2.24, 2.45) is 0 Å². The molecule has 0 unspecified atom stereocenters. The number of nitrogens with one attached hydrogen (secondary N) is 4. The van der Waals surface area contributed by atoms with Gasteiger partial charge < -0.3 is 10.6 Å². The van der Waals surface area contributed by atoms with Crippen molar-refractivity contribution in [1.82, 2.24) is 10.2 Å². The van der Waals surface area contributed by atoms with Gasteiger partial charge in [-0.1, -0.05) is 25.0 Å². The molecule has 4 N–H and O–H groups in total. The van der Waals surface area contributed by atoms with Gasteiger partial charge in [-0.25, -0.2) is 15.4 Å². The number of nitro benzene ring substituents is 1. The number of imide groups is 1. The van der Waals surface area contributed by atoms with Gasteiger partial charge in [-0.2, -0.15) is 4.94 Å². The number of rotatable bonds is 12. The van der Waals surface area contributed by atoms with E-state index in [1.165, 1.54) is 23.1 Å². The van der Waals surface area contributed by atoms with Gasteiger partial charge in [0, 0.05) is 30.4 Å². The van der Waals surface area contributed by atoms with Crippen LogP contribution in [0.4, 0.5) is 37.6 Å². The third-order valence-corrected chi connectivity index (χ3v) is 7.66. The van der Waals surface area contributed by atoms with Crippen LogP contribution in [0.1, 0.15) is 41.6 Å². The highest BCUT2D eigenvalue weighted by molar-refractivity contribution is 8.18. The number of hydrogen-bond acceptors (Lipinski definition) is 10. The standard InChI is InChI=1S/C29H27FN6O6S/c30-20-9-5-18(6-10-20)17-24-28(38)35(29(39)43-24)16-4-2-1-3-15-31-27(37)19-7-11-21(12-8-19)32-22-13-14-23(36(40)41)26-25(22)33-42-34-26/h5-14,17,32-34H,1-4,15-16H2,(H,31,37)/b24-17-. The minimum Gasteiger partial charge on any atom is -0.354 e. The van der Waals surface area contributed by atoms with E-state index in [1.807, 2.05) is 0 Å². The van der Waals surface area contributed by atoms with Crippen LogP contribution in [0.25, 0.3) is 6.08 Å². The van der Waals surface area contributed by atoms with Gasteiger partial charge in [0.05, 0.1) is 15.5 Å². The number of fused-ring (bicyclic) bond motifs is 1. The zero-order valence-corrected chi connectivity index (χ0v) is 23.5. The largest absolute Gasteiger partial charge is 0.354 e. The highest BCUT2D eigenvalue weighted by atomic mass is 32.2. The first kappa shape index (κ1) is 29.5. The zero-order valence-electron chi connectivity index (χ0n) is 22.7. The fourth-order valence-corrected chi connectivity index (χ4v) is 5.37. The molecule has 1 fully saturated rings. The summed E-state index contributed by atoms with van der Waals surface area (Å²) in [5.41, 5.74) is 7.93. The first-order chi connectivity index (χ1) is 20.8. The molecule has 0 saturated carbocycles. The number of carbonyl (C=O) groups is 3. The normalized spacial score (nSPS) is 14.8. The average molecular weight is 607 g/mol. The minimum atomic E-state index is -0.510. The number of benzene rings is 3. The number of nitrogens with zero attached hydrogens (tertiary/aromatic N) is 2. The Bertz CT molecular complexity index is 1580. The van der Waals surface area contributed by atoms with E-state index in [0.717, 1.165) is 31.0 Å². The lowest BCUT2D eigenvalue weighted by Crippen LogP contribution is -2.29. The van der Waals surface area contributed by atoms with E-state index in [-0.39, 0.29) is 34.2 Å². The Kier molecular flexibility index (Phi) is 9.17. The maximum absolute atomic E-state index is 13.1. The summed E-state index contributed by atoms with van der Waals surface area (Å²) in [5.74, 6) is -0.926. The summed E-state index contributed by atoms with van der Waals surface area (Å²) >= 11 is 0.882. The lowest BCUT2D eigenvalue weighted by atomic mass is 10.1. The second kappa shape index (κ2) is 13.4. The fourth-order valence-electron chi connectivity index (χ4n) is 4.50. The zero-order chi connectivity index (χ0) is 30.3. The van der Waals surface area contributed by atoms with E-state index in [9.17, 15) is 28.9 Å². The van der Waals surface area contributed by atoms with Gasteiger partial charge in [-0.05, 0) is 78.7 Å². The number of unbranched alkanes of at least 4 members (excludes halogenated alkanes) is 3. The van der Waals surface area contributed by atoms with Crippen LogP contribution in [0.15, 0.2) is 65.6 Å². The van der Waals surface area contributed by atoms with Crippen molar-refractivity contribution in [1.29, 1.82) is 0 Å². The van der Waals surface area contributed by atoms with Crippen LogP contribution in [0.2, 0.25) is 0 Å². The number of halogens is 1. The Labute approximate surface area is 249 Å². The smallest absolute Gasteiger partial charge is 0.297 e. The lowest BCUT2D eigenvalue weighted by Gasteiger charge is -2.12. The molecule has 2 aliphatic heterocycles. The van der Waals surface area contributed by atoms with Gasteiger partial charge >= 0.3 is 0 Å². The quantitative estimate of drug-likeness (QED) is 0.0812. The second-order valence-electron chi connectivity index (χ2n) is 9.70. The molecule has 0 aliphatic carbocycles. The predicted octanol–water partition coefficient (Wildman–Crippen LogP) is 6.19. The summed E-state index contributed by atoms with van der Waals surface area (Å²) in [5, 5.41) is 16.9. The summed E-state index contributed by atoms with van der Waals surface area (Å²) in [7, 11) is 0. The maximum Gasteiger partial charge on any atom is 0.297 e. The van der Waals surface area contributed by atoms with Crippen molar-refractivity contribution in [2.75, 3.05) is 29.4 Å². The summed E-state index contributed by atoms with van der Waals surface area (Å²) in [6.45, 7) is 0.800. The molecule has 43 heavy (non-hydrogen) atoms. The molecular weight excluding hydrogens is 579 g/mol. The molecule has 0 atom stereocenters. The van der Waals surface area contributed by atoms with Crippen LogP contribution in [0.5, 0.6) is 0 Å². The number of amides is 3. The number of hydrogen-bond donors (Lipinski definition) is 4. The third kappa shape index (κ3) is 7.10. The first-order valence-corrected chi connectivity index (χ1v) is 14.3. The summed E-state index contributed by atoms with van der Waals surface area (Å²) in [6, 6.07) is 15.4. The SMILES string of the molecule is O=C(NCCCCCCN1C(=O)S/C(=C\c2ccc(F)cc2)C1=O)c1ccc(Nc2ccc([N+](=O)[O-])c3c2NON3)cc1. The molecule has 2 aliphatic rings.